The third-order valence-corrected chi connectivity index (χ3v) is 5.39. The van der Waals surface area contributed by atoms with Gasteiger partial charge in [-0.2, -0.15) is 9.61 Å². The van der Waals surface area contributed by atoms with Gasteiger partial charge >= 0.3 is 0 Å². The highest BCUT2D eigenvalue weighted by molar-refractivity contribution is 5.67. The van der Waals surface area contributed by atoms with Crippen molar-refractivity contribution in [3.8, 4) is 22.8 Å². The Hall–Kier alpha value is -3.85. The molecule has 32 heavy (non-hydrogen) atoms. The van der Waals surface area contributed by atoms with Crippen molar-refractivity contribution in [2.75, 3.05) is 50.7 Å². The van der Waals surface area contributed by atoms with E-state index in [1.807, 2.05) is 42.5 Å². The minimum atomic E-state index is 0.656. The van der Waals surface area contributed by atoms with Crippen molar-refractivity contribution < 1.29 is 14.2 Å². The largest absolute Gasteiger partial charge is 0.493 e. The van der Waals surface area contributed by atoms with Crippen molar-refractivity contribution in [1.29, 1.82) is 0 Å². The molecular weight excluding hydrogens is 408 g/mol. The van der Waals surface area contributed by atoms with Crippen LogP contribution in [-0.2, 0) is 4.74 Å². The minimum Gasteiger partial charge on any atom is -0.493 e. The van der Waals surface area contributed by atoms with Crippen molar-refractivity contribution in [2.45, 2.75) is 0 Å². The number of hydrogen-bond acceptors (Lipinski definition) is 8. The molecule has 164 valence electrons. The number of benzene rings is 1. The Morgan fingerprint density at radius 3 is 2.59 bits per heavy atom. The van der Waals surface area contributed by atoms with Crippen molar-refractivity contribution in [3.63, 3.8) is 0 Å². The van der Waals surface area contributed by atoms with Gasteiger partial charge in [-0.1, -0.05) is 0 Å². The number of pyridine rings is 1. The monoisotopic (exact) mass is 432 g/mol. The number of hydrogen-bond donors (Lipinski definition) is 1. The fourth-order valence-corrected chi connectivity index (χ4v) is 3.72. The van der Waals surface area contributed by atoms with E-state index < -0.39 is 0 Å². The van der Waals surface area contributed by atoms with Gasteiger partial charge in [0.05, 0.1) is 39.3 Å². The summed E-state index contributed by atoms with van der Waals surface area (Å²) in [6.07, 6.45) is 3.58. The van der Waals surface area contributed by atoms with E-state index in [1.165, 1.54) is 0 Å². The van der Waals surface area contributed by atoms with E-state index >= 15 is 0 Å². The van der Waals surface area contributed by atoms with Crippen LogP contribution in [-0.4, -0.2) is 60.1 Å². The molecule has 0 atom stereocenters. The number of aromatic nitrogens is 4. The van der Waals surface area contributed by atoms with Crippen LogP contribution in [0.1, 0.15) is 0 Å². The number of ether oxygens (including phenoxy) is 3. The highest BCUT2D eigenvalue weighted by Crippen LogP contribution is 2.32. The van der Waals surface area contributed by atoms with Gasteiger partial charge in [0, 0.05) is 36.6 Å². The minimum absolute atomic E-state index is 0.656. The van der Waals surface area contributed by atoms with Crippen molar-refractivity contribution >= 4 is 23.0 Å². The first-order valence-corrected chi connectivity index (χ1v) is 10.4. The zero-order valence-corrected chi connectivity index (χ0v) is 18.0. The number of rotatable bonds is 6. The van der Waals surface area contributed by atoms with E-state index in [9.17, 15) is 0 Å². The Morgan fingerprint density at radius 1 is 0.938 bits per heavy atom. The molecule has 9 nitrogen and oxygen atoms in total. The van der Waals surface area contributed by atoms with Crippen molar-refractivity contribution in [3.05, 3.63) is 54.9 Å². The molecule has 4 heterocycles. The fraction of sp³-hybridized carbons (Fsp3) is 0.261. The van der Waals surface area contributed by atoms with Crippen molar-refractivity contribution in [2.24, 2.45) is 0 Å². The molecule has 0 bridgehead atoms. The molecule has 0 unspecified atom stereocenters. The second-order valence-corrected chi connectivity index (χ2v) is 7.33. The number of methoxy groups -OCH3 is 2. The smallest absolute Gasteiger partial charge is 0.161 e. The number of morpholine rings is 1. The molecule has 1 saturated heterocycles. The van der Waals surface area contributed by atoms with Gasteiger partial charge in [0.15, 0.2) is 23.0 Å². The van der Waals surface area contributed by atoms with Gasteiger partial charge in [0.2, 0.25) is 0 Å². The normalized spacial score (nSPS) is 13.9. The van der Waals surface area contributed by atoms with Gasteiger partial charge in [-0.25, -0.2) is 9.97 Å². The van der Waals surface area contributed by atoms with Crippen LogP contribution in [0.15, 0.2) is 54.9 Å². The van der Waals surface area contributed by atoms with Crippen LogP contribution in [0.5, 0.6) is 11.5 Å². The Labute approximate surface area is 185 Å². The summed E-state index contributed by atoms with van der Waals surface area (Å²) in [5.74, 6) is 3.02. The number of anilines is 3. The number of nitrogens with one attached hydrogen (secondary N) is 1. The maximum Gasteiger partial charge on any atom is 0.161 e. The predicted octanol–water partition coefficient (Wildman–Crippen LogP) is 3.39. The molecule has 9 heteroatoms. The SMILES string of the molecule is COc1ccc(-c2ccc3ncc(Nc4ccnc(N5CCOCC5)c4)n3n2)cc1OC. The second kappa shape index (κ2) is 8.72. The lowest BCUT2D eigenvalue weighted by Crippen LogP contribution is -2.36. The first kappa shape index (κ1) is 20.1. The van der Waals surface area contributed by atoms with Crippen LogP contribution in [0.2, 0.25) is 0 Å². The van der Waals surface area contributed by atoms with E-state index in [2.05, 4.69) is 20.2 Å². The molecule has 5 rings (SSSR count). The summed E-state index contributed by atoms with van der Waals surface area (Å²) < 4.78 is 18.0. The zero-order chi connectivity index (χ0) is 21.9. The van der Waals surface area contributed by atoms with Crippen LogP contribution >= 0.6 is 0 Å². The van der Waals surface area contributed by atoms with Crippen LogP contribution in [0.4, 0.5) is 17.3 Å². The molecule has 1 fully saturated rings. The highest BCUT2D eigenvalue weighted by atomic mass is 16.5. The molecule has 0 aliphatic carbocycles. The number of fused-ring (bicyclic) bond motifs is 1. The quantitative estimate of drug-likeness (QED) is 0.496. The molecular formula is C23H24N6O3. The average Bonchev–Trinajstić information content (AvgIpc) is 3.26. The lowest BCUT2D eigenvalue weighted by molar-refractivity contribution is 0.122. The average molecular weight is 432 g/mol. The Kier molecular flexibility index (Phi) is 5.47. The molecule has 4 aromatic rings. The zero-order valence-electron chi connectivity index (χ0n) is 18.0. The molecule has 1 aromatic carbocycles. The van der Waals surface area contributed by atoms with Gasteiger partial charge in [0.25, 0.3) is 0 Å². The third-order valence-electron chi connectivity index (χ3n) is 5.39. The van der Waals surface area contributed by atoms with Crippen molar-refractivity contribution in [1.82, 2.24) is 19.6 Å². The lowest BCUT2D eigenvalue weighted by Gasteiger charge is -2.28. The maximum atomic E-state index is 5.44. The summed E-state index contributed by atoms with van der Waals surface area (Å²) in [6.45, 7) is 3.11. The molecule has 0 radical (unpaired) electrons. The van der Waals surface area contributed by atoms with Crippen LogP contribution in [0.25, 0.3) is 16.9 Å². The van der Waals surface area contributed by atoms with E-state index in [4.69, 9.17) is 19.3 Å². The summed E-state index contributed by atoms with van der Waals surface area (Å²) >= 11 is 0. The Bertz CT molecular complexity index is 1240. The lowest BCUT2D eigenvalue weighted by atomic mass is 10.1. The first-order valence-electron chi connectivity index (χ1n) is 10.4. The maximum absolute atomic E-state index is 5.44. The Morgan fingerprint density at radius 2 is 1.78 bits per heavy atom. The van der Waals surface area contributed by atoms with E-state index in [-0.39, 0.29) is 0 Å². The summed E-state index contributed by atoms with van der Waals surface area (Å²) in [5, 5.41) is 8.22. The topological polar surface area (TPSA) is 86.0 Å². The number of imidazole rings is 1. The van der Waals surface area contributed by atoms with Crippen LogP contribution < -0.4 is 19.7 Å². The van der Waals surface area contributed by atoms with Crippen LogP contribution in [0.3, 0.4) is 0 Å². The highest BCUT2D eigenvalue weighted by Gasteiger charge is 2.14. The standard InChI is InChI=1S/C23H24N6O3/c1-30-19-5-3-16(13-20(19)31-2)18-4-6-21-25-15-23(29(21)27-18)26-17-7-8-24-22(14-17)28-9-11-32-12-10-28/h3-8,13-15H,9-12H2,1-2H3,(H,24,26). The molecule has 1 aliphatic heterocycles. The molecule has 0 spiro atoms. The van der Waals surface area contributed by atoms with Gasteiger partial charge in [-0.15, -0.1) is 0 Å². The molecule has 3 aromatic heterocycles. The summed E-state index contributed by atoms with van der Waals surface area (Å²) in [6, 6.07) is 13.6. The Balaban J connectivity index is 1.45. The summed E-state index contributed by atoms with van der Waals surface area (Å²) in [7, 11) is 3.24. The van der Waals surface area contributed by atoms with E-state index in [0.717, 1.165) is 60.5 Å². The number of nitrogens with zero attached hydrogens (tertiary/aromatic N) is 5. The fourth-order valence-electron chi connectivity index (χ4n) is 3.72. The summed E-state index contributed by atoms with van der Waals surface area (Å²) in [4.78, 5) is 11.2. The van der Waals surface area contributed by atoms with Gasteiger partial charge < -0.3 is 24.4 Å². The van der Waals surface area contributed by atoms with Gasteiger partial charge in [-0.3, -0.25) is 0 Å². The van der Waals surface area contributed by atoms with E-state index in [1.54, 1.807) is 31.1 Å². The van der Waals surface area contributed by atoms with Gasteiger partial charge in [0.1, 0.15) is 5.82 Å². The molecule has 0 saturated carbocycles. The van der Waals surface area contributed by atoms with E-state index in [0.29, 0.717) is 11.5 Å². The first-order chi connectivity index (χ1) is 15.7. The van der Waals surface area contributed by atoms with Crippen LogP contribution in [0, 0.1) is 0 Å². The predicted molar refractivity (Wildman–Crippen MR) is 122 cm³/mol. The molecule has 1 aliphatic rings. The second-order valence-electron chi connectivity index (χ2n) is 7.33. The third kappa shape index (κ3) is 3.90. The van der Waals surface area contributed by atoms with Gasteiger partial charge in [-0.05, 0) is 36.4 Å². The molecule has 1 N–H and O–H groups in total. The molecule has 0 amide bonds. The summed E-state index contributed by atoms with van der Waals surface area (Å²) in [5.41, 5.74) is 3.38.